The zero-order valence-electron chi connectivity index (χ0n) is 16.4. The van der Waals surface area contributed by atoms with Crippen molar-refractivity contribution in [3.05, 3.63) is 58.9 Å². The summed E-state index contributed by atoms with van der Waals surface area (Å²) in [4.78, 5) is 4.70. The minimum Gasteiger partial charge on any atom is -0.493 e. The standard InChI is InChI=1S/C23H31NO/c1-22(2,3)15-17-6-8-20(24-16-17)10-12-23(4,5)19-7-9-21-18(14-19)11-13-25-21/h6-9,14,16H,10-13,15H2,1-5H3. The predicted molar refractivity (Wildman–Crippen MR) is 104 cm³/mol. The van der Waals surface area contributed by atoms with Crippen molar-refractivity contribution in [2.24, 2.45) is 5.41 Å². The molecule has 0 N–H and O–H groups in total. The SMILES string of the molecule is CC(C)(C)Cc1ccc(CCC(C)(C)c2ccc3c(c2)CCO3)nc1. The van der Waals surface area contributed by atoms with Crippen LogP contribution >= 0.6 is 0 Å². The van der Waals surface area contributed by atoms with Crippen LogP contribution in [0, 0.1) is 5.41 Å². The van der Waals surface area contributed by atoms with E-state index in [0.717, 1.165) is 38.0 Å². The van der Waals surface area contributed by atoms with Gasteiger partial charge in [0.05, 0.1) is 6.61 Å². The molecular weight excluding hydrogens is 306 g/mol. The lowest BCUT2D eigenvalue weighted by atomic mass is 9.79. The van der Waals surface area contributed by atoms with Gasteiger partial charge in [-0.15, -0.1) is 0 Å². The molecule has 0 amide bonds. The fourth-order valence-corrected chi connectivity index (χ4v) is 3.51. The molecule has 0 radical (unpaired) electrons. The molecule has 0 saturated heterocycles. The second kappa shape index (κ2) is 6.82. The first kappa shape index (κ1) is 18.0. The quantitative estimate of drug-likeness (QED) is 0.717. The van der Waals surface area contributed by atoms with Gasteiger partial charge < -0.3 is 4.74 Å². The van der Waals surface area contributed by atoms with E-state index in [-0.39, 0.29) is 5.41 Å². The zero-order valence-corrected chi connectivity index (χ0v) is 16.4. The predicted octanol–water partition coefficient (Wildman–Crippen LogP) is 5.52. The Bertz CT molecular complexity index is 723. The maximum absolute atomic E-state index is 5.63. The van der Waals surface area contributed by atoms with Crippen molar-refractivity contribution in [2.75, 3.05) is 6.61 Å². The molecule has 2 heteroatoms. The maximum Gasteiger partial charge on any atom is 0.122 e. The number of aryl methyl sites for hydroxylation is 1. The Morgan fingerprint density at radius 1 is 1.04 bits per heavy atom. The highest BCUT2D eigenvalue weighted by atomic mass is 16.5. The fourth-order valence-electron chi connectivity index (χ4n) is 3.51. The molecule has 0 atom stereocenters. The number of fused-ring (bicyclic) bond motifs is 1. The van der Waals surface area contributed by atoms with Gasteiger partial charge in [0.1, 0.15) is 5.75 Å². The van der Waals surface area contributed by atoms with Crippen LogP contribution in [0.2, 0.25) is 0 Å². The van der Waals surface area contributed by atoms with Crippen LogP contribution in [0.4, 0.5) is 0 Å². The van der Waals surface area contributed by atoms with Crippen LogP contribution in [0.3, 0.4) is 0 Å². The van der Waals surface area contributed by atoms with Crippen LogP contribution in [0.1, 0.15) is 63.4 Å². The summed E-state index contributed by atoms with van der Waals surface area (Å²) in [6, 6.07) is 11.1. The van der Waals surface area contributed by atoms with E-state index in [4.69, 9.17) is 9.72 Å². The van der Waals surface area contributed by atoms with Crippen molar-refractivity contribution in [1.29, 1.82) is 0 Å². The maximum atomic E-state index is 5.63. The Kier molecular flexibility index (Phi) is 4.90. The molecule has 1 aliphatic rings. The topological polar surface area (TPSA) is 22.1 Å². The van der Waals surface area contributed by atoms with E-state index in [1.54, 1.807) is 0 Å². The third-order valence-corrected chi connectivity index (χ3v) is 5.10. The molecule has 3 rings (SSSR count). The van der Waals surface area contributed by atoms with E-state index in [0.29, 0.717) is 5.41 Å². The lowest BCUT2D eigenvalue weighted by Gasteiger charge is -2.26. The molecule has 1 aromatic heterocycles. The van der Waals surface area contributed by atoms with Gasteiger partial charge in [0.15, 0.2) is 0 Å². The third-order valence-electron chi connectivity index (χ3n) is 5.10. The molecule has 1 aliphatic heterocycles. The van der Waals surface area contributed by atoms with Gasteiger partial charge in [-0.1, -0.05) is 52.8 Å². The molecule has 2 nitrogen and oxygen atoms in total. The van der Waals surface area contributed by atoms with E-state index < -0.39 is 0 Å². The number of nitrogens with zero attached hydrogens (tertiary/aromatic N) is 1. The highest BCUT2D eigenvalue weighted by Gasteiger charge is 2.23. The molecule has 2 heterocycles. The molecule has 2 aromatic rings. The molecule has 134 valence electrons. The van der Waals surface area contributed by atoms with Gasteiger partial charge in [0.25, 0.3) is 0 Å². The van der Waals surface area contributed by atoms with Gasteiger partial charge in [-0.05, 0) is 58.9 Å². The van der Waals surface area contributed by atoms with Crippen molar-refractivity contribution < 1.29 is 4.74 Å². The summed E-state index contributed by atoms with van der Waals surface area (Å²) in [7, 11) is 0. The molecule has 25 heavy (non-hydrogen) atoms. The summed E-state index contributed by atoms with van der Waals surface area (Å²) in [6.45, 7) is 12.3. The summed E-state index contributed by atoms with van der Waals surface area (Å²) in [5.74, 6) is 1.07. The summed E-state index contributed by atoms with van der Waals surface area (Å²) in [6.07, 6.45) is 6.27. The van der Waals surface area contributed by atoms with Crippen molar-refractivity contribution >= 4 is 0 Å². The summed E-state index contributed by atoms with van der Waals surface area (Å²) >= 11 is 0. The molecule has 0 bridgehead atoms. The van der Waals surface area contributed by atoms with Crippen molar-refractivity contribution in [3.63, 3.8) is 0 Å². The molecule has 0 fully saturated rings. The van der Waals surface area contributed by atoms with Crippen molar-refractivity contribution in [1.82, 2.24) is 4.98 Å². The first-order valence-corrected chi connectivity index (χ1v) is 9.43. The molecule has 0 saturated carbocycles. The highest BCUT2D eigenvalue weighted by molar-refractivity contribution is 5.42. The average Bonchev–Trinajstić information content (AvgIpc) is 3.00. The molecular formula is C23H31NO. The lowest BCUT2D eigenvalue weighted by molar-refractivity contribution is 0.356. The molecule has 0 unspecified atom stereocenters. The van der Waals surface area contributed by atoms with Crippen LogP contribution in [-0.2, 0) is 24.7 Å². The fraction of sp³-hybridized carbons (Fsp3) is 0.522. The third kappa shape index (κ3) is 4.62. The number of hydrogen-bond acceptors (Lipinski definition) is 2. The van der Waals surface area contributed by atoms with E-state index in [2.05, 4.69) is 71.1 Å². The van der Waals surface area contributed by atoms with E-state index in [9.17, 15) is 0 Å². The molecule has 1 aromatic carbocycles. The Labute approximate surface area is 152 Å². The molecule has 0 aliphatic carbocycles. The Morgan fingerprint density at radius 2 is 1.84 bits per heavy atom. The van der Waals surface area contributed by atoms with Crippen LogP contribution in [-0.4, -0.2) is 11.6 Å². The first-order valence-electron chi connectivity index (χ1n) is 9.43. The number of benzene rings is 1. The van der Waals surface area contributed by atoms with E-state index >= 15 is 0 Å². The second-order valence-electron chi connectivity index (χ2n) is 9.20. The second-order valence-corrected chi connectivity index (χ2v) is 9.20. The normalized spacial score (nSPS) is 14.3. The Morgan fingerprint density at radius 3 is 2.52 bits per heavy atom. The minimum absolute atomic E-state index is 0.142. The number of aromatic nitrogens is 1. The van der Waals surface area contributed by atoms with E-state index in [1.807, 2.05) is 0 Å². The number of ether oxygens (including phenoxy) is 1. The van der Waals surface area contributed by atoms with Crippen LogP contribution in [0.25, 0.3) is 0 Å². The summed E-state index contributed by atoms with van der Waals surface area (Å²) < 4.78 is 5.63. The summed E-state index contributed by atoms with van der Waals surface area (Å²) in [5.41, 5.74) is 5.73. The summed E-state index contributed by atoms with van der Waals surface area (Å²) in [5, 5.41) is 0. The zero-order chi connectivity index (χ0) is 18.1. The van der Waals surface area contributed by atoms with Gasteiger partial charge in [-0.2, -0.15) is 0 Å². The number of hydrogen-bond donors (Lipinski definition) is 0. The van der Waals surface area contributed by atoms with Crippen molar-refractivity contribution in [2.45, 2.75) is 65.7 Å². The Hall–Kier alpha value is -1.83. The first-order chi connectivity index (χ1) is 11.7. The van der Waals surface area contributed by atoms with Crippen LogP contribution < -0.4 is 4.74 Å². The monoisotopic (exact) mass is 337 g/mol. The highest BCUT2D eigenvalue weighted by Crippen LogP contribution is 2.34. The van der Waals surface area contributed by atoms with Gasteiger partial charge in [0, 0.05) is 18.3 Å². The largest absolute Gasteiger partial charge is 0.493 e. The van der Waals surface area contributed by atoms with E-state index in [1.165, 1.54) is 22.4 Å². The number of rotatable bonds is 5. The van der Waals surface area contributed by atoms with Gasteiger partial charge in [0.2, 0.25) is 0 Å². The lowest BCUT2D eigenvalue weighted by Crippen LogP contribution is -2.18. The molecule has 0 spiro atoms. The number of pyridine rings is 1. The average molecular weight is 338 g/mol. The Balaban J connectivity index is 1.64. The van der Waals surface area contributed by atoms with Crippen LogP contribution in [0.5, 0.6) is 5.75 Å². The smallest absolute Gasteiger partial charge is 0.122 e. The van der Waals surface area contributed by atoms with Gasteiger partial charge >= 0.3 is 0 Å². The van der Waals surface area contributed by atoms with Gasteiger partial charge in [-0.25, -0.2) is 0 Å². The van der Waals surface area contributed by atoms with Crippen LogP contribution in [0.15, 0.2) is 36.5 Å². The van der Waals surface area contributed by atoms with Gasteiger partial charge in [-0.3, -0.25) is 4.98 Å². The van der Waals surface area contributed by atoms with Crippen molar-refractivity contribution in [3.8, 4) is 5.75 Å². The minimum atomic E-state index is 0.142.